The Morgan fingerprint density at radius 2 is 2.38 bits per heavy atom. The van der Waals surface area contributed by atoms with Crippen LogP contribution in [0.3, 0.4) is 0 Å². The van der Waals surface area contributed by atoms with Crippen LogP contribution in [0.5, 0.6) is 0 Å². The molecule has 0 atom stereocenters. The molecule has 1 aromatic rings. The molecule has 1 aliphatic rings. The van der Waals surface area contributed by atoms with E-state index in [1.165, 1.54) is 31.9 Å². The van der Waals surface area contributed by atoms with Gasteiger partial charge in [0.25, 0.3) is 5.91 Å². The van der Waals surface area contributed by atoms with E-state index in [1.54, 1.807) is 0 Å². The topological polar surface area (TPSA) is 70.7 Å². The Morgan fingerprint density at radius 1 is 1.62 bits per heavy atom. The monoisotopic (exact) mass is 240 g/mol. The van der Waals surface area contributed by atoms with Crippen LogP contribution < -0.4 is 5.32 Å². The van der Waals surface area contributed by atoms with Crippen LogP contribution in [0.2, 0.25) is 0 Å². The summed E-state index contributed by atoms with van der Waals surface area (Å²) in [4.78, 5) is 11.7. The normalized spacial score (nSPS) is 18.6. The van der Waals surface area contributed by atoms with Crippen molar-refractivity contribution >= 4 is 17.7 Å². The second-order valence-electron chi connectivity index (χ2n) is 4.13. The van der Waals surface area contributed by atoms with Gasteiger partial charge < -0.3 is 5.32 Å². The van der Waals surface area contributed by atoms with Crippen molar-refractivity contribution in [3.05, 3.63) is 11.9 Å². The fraction of sp³-hybridized carbons (Fsp3) is 0.700. The molecule has 0 aliphatic heterocycles. The van der Waals surface area contributed by atoms with Crippen LogP contribution in [0.25, 0.3) is 0 Å². The Balaban J connectivity index is 1.89. The standard InChI is InChI=1S/C10H16N4OS/c1-16-10(4-2-3-5-10)7-11-9(15)8-6-12-14-13-8/h6H,2-5,7H2,1H3,(H,11,15)(H,12,13,14). The molecule has 1 amide bonds. The molecule has 0 radical (unpaired) electrons. The van der Waals surface area contributed by atoms with Crippen LogP contribution in [0.15, 0.2) is 6.20 Å². The van der Waals surface area contributed by atoms with Gasteiger partial charge in [0.05, 0.1) is 6.20 Å². The summed E-state index contributed by atoms with van der Waals surface area (Å²) >= 11 is 1.86. The van der Waals surface area contributed by atoms with Gasteiger partial charge in [-0.25, -0.2) is 0 Å². The quantitative estimate of drug-likeness (QED) is 0.830. The predicted molar refractivity (Wildman–Crippen MR) is 63.4 cm³/mol. The third-order valence-corrected chi connectivity index (χ3v) is 4.59. The summed E-state index contributed by atoms with van der Waals surface area (Å²) in [5.41, 5.74) is 0.356. The number of hydrogen-bond donors (Lipinski definition) is 2. The van der Waals surface area contributed by atoms with Crippen molar-refractivity contribution < 1.29 is 4.79 Å². The number of thioether (sulfide) groups is 1. The molecule has 1 fully saturated rings. The van der Waals surface area contributed by atoms with E-state index in [2.05, 4.69) is 27.0 Å². The van der Waals surface area contributed by atoms with E-state index in [0.717, 1.165) is 6.54 Å². The molecule has 0 aromatic carbocycles. The Hall–Kier alpha value is -1.04. The predicted octanol–water partition coefficient (Wildman–Crippen LogP) is 1.21. The van der Waals surface area contributed by atoms with Gasteiger partial charge >= 0.3 is 0 Å². The van der Waals surface area contributed by atoms with Crippen LogP contribution in [0.1, 0.15) is 36.2 Å². The lowest BCUT2D eigenvalue weighted by atomic mass is 10.1. The maximum Gasteiger partial charge on any atom is 0.273 e. The van der Waals surface area contributed by atoms with Crippen LogP contribution in [-0.4, -0.2) is 38.9 Å². The molecule has 6 heteroatoms. The molecule has 1 saturated carbocycles. The molecule has 1 aromatic heterocycles. The first-order valence-corrected chi connectivity index (χ1v) is 6.67. The highest BCUT2D eigenvalue weighted by Crippen LogP contribution is 2.39. The van der Waals surface area contributed by atoms with Gasteiger partial charge in [0.15, 0.2) is 5.69 Å². The first-order valence-electron chi connectivity index (χ1n) is 5.45. The summed E-state index contributed by atoms with van der Waals surface area (Å²) in [5, 5.41) is 12.7. The van der Waals surface area contributed by atoms with E-state index in [9.17, 15) is 4.79 Å². The van der Waals surface area contributed by atoms with Gasteiger partial charge in [0.1, 0.15) is 0 Å². The minimum atomic E-state index is -0.144. The second-order valence-corrected chi connectivity index (χ2v) is 5.41. The number of carbonyl (C=O) groups is 1. The molecular formula is C10H16N4OS. The third kappa shape index (κ3) is 2.37. The molecule has 88 valence electrons. The molecule has 1 aliphatic carbocycles. The number of nitrogens with zero attached hydrogens (tertiary/aromatic N) is 2. The van der Waals surface area contributed by atoms with Crippen molar-refractivity contribution in [3.8, 4) is 0 Å². The minimum Gasteiger partial charge on any atom is -0.349 e. The van der Waals surface area contributed by atoms with E-state index in [0.29, 0.717) is 5.69 Å². The molecule has 16 heavy (non-hydrogen) atoms. The number of nitrogens with one attached hydrogen (secondary N) is 2. The largest absolute Gasteiger partial charge is 0.349 e. The fourth-order valence-corrected chi connectivity index (χ4v) is 3.03. The SMILES string of the molecule is CSC1(CNC(=O)c2cn[nH]n2)CCCC1. The van der Waals surface area contributed by atoms with E-state index in [1.807, 2.05) is 11.8 Å². The molecule has 5 nitrogen and oxygen atoms in total. The van der Waals surface area contributed by atoms with Crippen LogP contribution in [0.4, 0.5) is 0 Å². The fourth-order valence-electron chi connectivity index (χ4n) is 2.12. The van der Waals surface area contributed by atoms with Gasteiger partial charge in [-0.15, -0.1) is 0 Å². The van der Waals surface area contributed by atoms with E-state index in [4.69, 9.17) is 0 Å². The average Bonchev–Trinajstić information content (AvgIpc) is 2.98. The summed E-state index contributed by atoms with van der Waals surface area (Å²) in [6.07, 6.45) is 8.46. The second kappa shape index (κ2) is 4.86. The van der Waals surface area contributed by atoms with Crippen LogP contribution in [0, 0.1) is 0 Å². The number of rotatable bonds is 4. The maximum atomic E-state index is 11.7. The molecule has 2 N–H and O–H groups in total. The van der Waals surface area contributed by atoms with Crippen molar-refractivity contribution in [1.29, 1.82) is 0 Å². The molecule has 0 bridgehead atoms. The molecule has 2 rings (SSSR count). The molecule has 1 heterocycles. The van der Waals surface area contributed by atoms with Gasteiger partial charge in [-0.1, -0.05) is 12.8 Å². The zero-order chi connectivity index (χ0) is 11.4. The number of hydrogen-bond acceptors (Lipinski definition) is 4. The van der Waals surface area contributed by atoms with Gasteiger partial charge in [0, 0.05) is 11.3 Å². The van der Waals surface area contributed by atoms with E-state index >= 15 is 0 Å². The number of H-pyrrole nitrogens is 1. The van der Waals surface area contributed by atoms with Gasteiger partial charge in [0.2, 0.25) is 0 Å². The van der Waals surface area contributed by atoms with E-state index in [-0.39, 0.29) is 10.7 Å². The average molecular weight is 240 g/mol. The third-order valence-electron chi connectivity index (χ3n) is 3.17. The zero-order valence-corrected chi connectivity index (χ0v) is 10.1. The lowest BCUT2D eigenvalue weighted by Gasteiger charge is -2.26. The highest BCUT2D eigenvalue weighted by Gasteiger charge is 2.33. The van der Waals surface area contributed by atoms with Gasteiger partial charge in [-0.2, -0.15) is 27.2 Å². The minimum absolute atomic E-state index is 0.144. The van der Waals surface area contributed by atoms with E-state index < -0.39 is 0 Å². The Labute approximate surface area is 98.8 Å². The zero-order valence-electron chi connectivity index (χ0n) is 9.32. The molecule has 0 saturated heterocycles. The summed E-state index contributed by atoms with van der Waals surface area (Å²) in [7, 11) is 0. The van der Waals surface area contributed by atoms with Crippen molar-refractivity contribution in [1.82, 2.24) is 20.7 Å². The summed E-state index contributed by atoms with van der Waals surface area (Å²) in [5.74, 6) is -0.144. The van der Waals surface area contributed by atoms with Gasteiger partial charge in [-0.05, 0) is 19.1 Å². The number of amides is 1. The maximum absolute atomic E-state index is 11.7. The number of aromatic nitrogens is 3. The lowest BCUT2D eigenvalue weighted by molar-refractivity contribution is 0.0944. The van der Waals surface area contributed by atoms with Crippen LogP contribution >= 0.6 is 11.8 Å². The number of aromatic amines is 1. The van der Waals surface area contributed by atoms with Crippen molar-refractivity contribution in [2.75, 3.05) is 12.8 Å². The van der Waals surface area contributed by atoms with Crippen molar-refractivity contribution in [2.45, 2.75) is 30.4 Å². The molecule has 0 unspecified atom stereocenters. The highest BCUT2D eigenvalue weighted by molar-refractivity contribution is 8.00. The molecular weight excluding hydrogens is 224 g/mol. The lowest BCUT2D eigenvalue weighted by Crippen LogP contribution is -2.38. The first-order chi connectivity index (χ1) is 7.76. The summed E-state index contributed by atoms with van der Waals surface area (Å²) < 4.78 is 0.236. The van der Waals surface area contributed by atoms with Crippen molar-refractivity contribution in [3.63, 3.8) is 0 Å². The van der Waals surface area contributed by atoms with Crippen molar-refractivity contribution in [2.24, 2.45) is 0 Å². The first kappa shape index (κ1) is 11.4. The summed E-state index contributed by atoms with van der Waals surface area (Å²) in [6, 6.07) is 0. The summed E-state index contributed by atoms with van der Waals surface area (Å²) in [6.45, 7) is 0.722. The Bertz CT molecular complexity index is 346. The van der Waals surface area contributed by atoms with Gasteiger partial charge in [-0.3, -0.25) is 4.79 Å². The molecule has 0 spiro atoms. The van der Waals surface area contributed by atoms with Crippen LogP contribution in [-0.2, 0) is 0 Å². The number of carbonyl (C=O) groups excluding carboxylic acids is 1. The Morgan fingerprint density at radius 3 is 2.94 bits per heavy atom. The Kier molecular flexibility index (Phi) is 3.48. The smallest absolute Gasteiger partial charge is 0.273 e. The highest BCUT2D eigenvalue weighted by atomic mass is 32.2.